The third-order valence-corrected chi connectivity index (χ3v) is 3.96. The fourth-order valence-corrected chi connectivity index (χ4v) is 2.38. The molecule has 0 atom stereocenters. The Morgan fingerprint density at radius 1 is 0.826 bits per heavy atom. The van der Waals surface area contributed by atoms with E-state index in [2.05, 4.69) is 0 Å². The molecule has 5 heteroatoms. The monoisotopic (exact) mass is 345 g/mol. The van der Waals surface area contributed by atoms with Gasteiger partial charge in [0.15, 0.2) is 0 Å². The van der Waals surface area contributed by atoms with Crippen LogP contribution in [-0.2, 0) is 0 Å². The Bertz CT molecular complexity index is 372. The summed E-state index contributed by atoms with van der Waals surface area (Å²) in [6, 6.07) is 9.92. The van der Waals surface area contributed by atoms with Crippen LogP contribution in [0.2, 0.25) is 0 Å². The summed E-state index contributed by atoms with van der Waals surface area (Å²) in [4.78, 5) is 0. The van der Waals surface area contributed by atoms with E-state index in [1.165, 1.54) is 25.7 Å². The molecule has 0 heterocycles. The van der Waals surface area contributed by atoms with Gasteiger partial charge in [0, 0.05) is 0 Å². The minimum absolute atomic E-state index is 0. The van der Waals surface area contributed by atoms with Crippen molar-refractivity contribution in [3.05, 3.63) is 30.3 Å². The molecule has 0 amide bonds. The molecule has 0 aliphatic rings. The van der Waals surface area contributed by atoms with Gasteiger partial charge in [0.05, 0.1) is 25.4 Å². The quantitative estimate of drug-likeness (QED) is 0.479. The maximum absolute atomic E-state index is 9.09. The molecule has 0 bridgehead atoms. The molecule has 0 unspecified atom stereocenters. The fourth-order valence-electron chi connectivity index (χ4n) is 2.38. The molecule has 1 aromatic rings. The summed E-state index contributed by atoms with van der Waals surface area (Å²) in [6.07, 6.45) is 8.69. The van der Waals surface area contributed by atoms with Crippen LogP contribution in [0.4, 0.5) is 0 Å². The van der Waals surface area contributed by atoms with Crippen LogP contribution in [0.3, 0.4) is 0 Å². The third kappa shape index (κ3) is 10.6. The van der Waals surface area contributed by atoms with Crippen molar-refractivity contribution in [2.24, 2.45) is 5.73 Å². The normalized spacial score (nSPS) is 11.1. The first-order valence-electron chi connectivity index (χ1n) is 8.39. The molecule has 0 saturated carbocycles. The van der Waals surface area contributed by atoms with Crippen molar-refractivity contribution < 1.29 is 14.9 Å². The van der Waals surface area contributed by atoms with E-state index < -0.39 is 5.54 Å². The Morgan fingerprint density at radius 2 is 1.35 bits per heavy atom. The van der Waals surface area contributed by atoms with Crippen molar-refractivity contribution in [2.75, 3.05) is 19.8 Å². The average molecular weight is 346 g/mol. The summed E-state index contributed by atoms with van der Waals surface area (Å²) in [5.41, 5.74) is 5.03. The van der Waals surface area contributed by atoms with Gasteiger partial charge >= 0.3 is 0 Å². The molecule has 0 saturated heterocycles. The van der Waals surface area contributed by atoms with Gasteiger partial charge in [-0.05, 0) is 25.0 Å². The highest BCUT2D eigenvalue weighted by Gasteiger charge is 2.21. The molecule has 1 aromatic carbocycles. The van der Waals surface area contributed by atoms with E-state index in [0.717, 1.165) is 31.6 Å². The molecule has 0 aliphatic heterocycles. The predicted molar refractivity (Wildman–Crippen MR) is 97.2 cm³/mol. The van der Waals surface area contributed by atoms with Crippen LogP contribution < -0.4 is 10.5 Å². The van der Waals surface area contributed by atoms with Crippen molar-refractivity contribution in [1.29, 1.82) is 0 Å². The molecule has 134 valence electrons. The standard InChI is InChI=1S/C18H31NO3.ClH/c19-18(15-20,16-21)13-9-4-2-1-3-5-10-14-22-17-11-7-6-8-12-17;/h6-8,11-12,20-21H,1-5,9-10,13-16,19H2;1H. The summed E-state index contributed by atoms with van der Waals surface area (Å²) in [5, 5.41) is 18.2. The lowest BCUT2D eigenvalue weighted by Gasteiger charge is -2.24. The van der Waals surface area contributed by atoms with Crippen molar-refractivity contribution in [1.82, 2.24) is 0 Å². The third-order valence-electron chi connectivity index (χ3n) is 3.96. The maximum Gasteiger partial charge on any atom is 0.119 e. The Kier molecular flexibility index (Phi) is 13.1. The Morgan fingerprint density at radius 3 is 1.91 bits per heavy atom. The van der Waals surface area contributed by atoms with E-state index in [0.29, 0.717) is 6.42 Å². The average Bonchev–Trinajstić information content (AvgIpc) is 2.57. The number of para-hydroxylation sites is 1. The molecule has 0 radical (unpaired) electrons. The van der Waals surface area contributed by atoms with Gasteiger partial charge in [-0.1, -0.05) is 56.7 Å². The topological polar surface area (TPSA) is 75.7 Å². The SMILES string of the molecule is Cl.NC(CO)(CO)CCCCCCCCCOc1ccccc1. The second kappa shape index (κ2) is 13.6. The first kappa shape index (κ1) is 22.2. The van der Waals surface area contributed by atoms with Gasteiger partial charge in [-0.25, -0.2) is 0 Å². The predicted octanol–water partition coefficient (Wildman–Crippen LogP) is 3.29. The van der Waals surface area contributed by atoms with Crippen molar-refractivity contribution in [3.8, 4) is 5.75 Å². The zero-order valence-corrected chi connectivity index (χ0v) is 14.8. The molecule has 0 aromatic heterocycles. The number of hydrogen-bond donors (Lipinski definition) is 3. The summed E-state index contributed by atoms with van der Waals surface area (Å²) in [7, 11) is 0. The highest BCUT2D eigenvalue weighted by atomic mass is 35.5. The lowest BCUT2D eigenvalue weighted by Crippen LogP contribution is -2.47. The summed E-state index contributed by atoms with van der Waals surface area (Å²) >= 11 is 0. The maximum atomic E-state index is 9.09. The van der Waals surface area contributed by atoms with E-state index in [-0.39, 0.29) is 25.6 Å². The molecular formula is C18H32ClNO3. The first-order chi connectivity index (χ1) is 10.7. The fraction of sp³-hybridized carbons (Fsp3) is 0.667. The number of hydrogen-bond acceptors (Lipinski definition) is 4. The Labute approximate surface area is 146 Å². The lowest BCUT2D eigenvalue weighted by molar-refractivity contribution is 0.112. The van der Waals surface area contributed by atoms with Gasteiger partial charge in [0.2, 0.25) is 0 Å². The molecule has 0 fully saturated rings. The molecular weight excluding hydrogens is 314 g/mol. The number of halogens is 1. The van der Waals surface area contributed by atoms with Crippen LogP contribution in [0.5, 0.6) is 5.75 Å². The summed E-state index contributed by atoms with van der Waals surface area (Å²) < 4.78 is 5.65. The molecule has 4 nitrogen and oxygen atoms in total. The number of aliphatic hydroxyl groups excluding tert-OH is 2. The van der Waals surface area contributed by atoms with Crippen LogP contribution in [0.15, 0.2) is 30.3 Å². The van der Waals surface area contributed by atoms with E-state index in [9.17, 15) is 0 Å². The largest absolute Gasteiger partial charge is 0.494 e. The molecule has 23 heavy (non-hydrogen) atoms. The number of benzene rings is 1. The first-order valence-corrected chi connectivity index (χ1v) is 8.39. The van der Waals surface area contributed by atoms with Crippen molar-refractivity contribution >= 4 is 12.4 Å². The van der Waals surface area contributed by atoms with Gasteiger partial charge in [-0.15, -0.1) is 12.4 Å². The molecule has 4 N–H and O–H groups in total. The highest BCUT2D eigenvalue weighted by molar-refractivity contribution is 5.85. The van der Waals surface area contributed by atoms with Gasteiger partial charge in [-0.2, -0.15) is 0 Å². The zero-order valence-electron chi connectivity index (χ0n) is 14.0. The zero-order chi connectivity index (χ0) is 16.1. The second-order valence-electron chi connectivity index (χ2n) is 6.06. The summed E-state index contributed by atoms with van der Waals surface area (Å²) in [5.74, 6) is 0.945. The van der Waals surface area contributed by atoms with E-state index in [4.69, 9.17) is 20.7 Å². The van der Waals surface area contributed by atoms with Crippen molar-refractivity contribution in [2.45, 2.75) is 56.9 Å². The van der Waals surface area contributed by atoms with Crippen molar-refractivity contribution in [3.63, 3.8) is 0 Å². The smallest absolute Gasteiger partial charge is 0.119 e. The van der Waals surface area contributed by atoms with Crippen LogP contribution in [0.1, 0.15) is 51.4 Å². The van der Waals surface area contributed by atoms with Crippen LogP contribution in [0, 0.1) is 0 Å². The molecule has 0 aliphatic carbocycles. The Hall–Kier alpha value is -0.810. The minimum Gasteiger partial charge on any atom is -0.494 e. The Balaban J connectivity index is 0.00000484. The van der Waals surface area contributed by atoms with Crippen LogP contribution >= 0.6 is 12.4 Å². The number of ether oxygens (including phenoxy) is 1. The van der Waals surface area contributed by atoms with E-state index in [1.54, 1.807) is 0 Å². The molecule has 1 rings (SSSR count). The van der Waals surface area contributed by atoms with E-state index in [1.807, 2.05) is 30.3 Å². The lowest BCUT2D eigenvalue weighted by atomic mass is 9.95. The van der Waals surface area contributed by atoms with Gasteiger partial charge in [0.25, 0.3) is 0 Å². The van der Waals surface area contributed by atoms with E-state index >= 15 is 0 Å². The minimum atomic E-state index is -0.797. The number of nitrogens with two attached hydrogens (primary N) is 1. The number of unbranched alkanes of at least 4 members (excludes halogenated alkanes) is 6. The number of rotatable bonds is 13. The number of aliphatic hydroxyl groups is 2. The van der Waals surface area contributed by atoms with Crippen LogP contribution in [0.25, 0.3) is 0 Å². The second-order valence-corrected chi connectivity index (χ2v) is 6.06. The van der Waals surface area contributed by atoms with Gasteiger partial charge in [0.1, 0.15) is 5.75 Å². The highest BCUT2D eigenvalue weighted by Crippen LogP contribution is 2.14. The van der Waals surface area contributed by atoms with Gasteiger partial charge in [-0.3, -0.25) is 0 Å². The summed E-state index contributed by atoms with van der Waals surface area (Å²) in [6.45, 7) is 0.489. The van der Waals surface area contributed by atoms with Gasteiger partial charge < -0.3 is 20.7 Å². The molecule has 0 spiro atoms. The van der Waals surface area contributed by atoms with Crippen LogP contribution in [-0.4, -0.2) is 35.6 Å².